The maximum atomic E-state index is 12.1. The maximum absolute atomic E-state index is 12.1. The van der Waals surface area contributed by atoms with Crippen LogP contribution < -0.4 is 11.1 Å². The Labute approximate surface area is 132 Å². The summed E-state index contributed by atoms with van der Waals surface area (Å²) in [6.07, 6.45) is 0.806. The summed E-state index contributed by atoms with van der Waals surface area (Å²) in [6.45, 7) is 0.501. The molecule has 0 saturated carbocycles. The molecule has 2 amide bonds. The van der Waals surface area contributed by atoms with Crippen LogP contribution in [-0.4, -0.2) is 72.6 Å². The minimum absolute atomic E-state index is 0.0889. The molecule has 23 heavy (non-hydrogen) atoms. The molecule has 2 bridgehead atoms. The number of urea groups is 1. The van der Waals surface area contributed by atoms with E-state index in [1.165, 1.54) is 4.90 Å². The Hall–Kier alpha value is -2.12. The third-order valence-corrected chi connectivity index (χ3v) is 3.82. The van der Waals surface area contributed by atoms with Crippen LogP contribution in [0.25, 0.3) is 0 Å². The van der Waals surface area contributed by atoms with Gasteiger partial charge in [-0.05, 0) is 12.8 Å². The molecule has 0 aromatic rings. The number of hydroxylamine groups is 2. The van der Waals surface area contributed by atoms with E-state index in [0.717, 1.165) is 0 Å². The number of hydrogen-bond donors (Lipinski definition) is 5. The van der Waals surface area contributed by atoms with Crippen LogP contribution in [0.15, 0.2) is 0 Å². The molecule has 0 radical (unpaired) electrons. The minimum atomic E-state index is -4.79. The zero-order chi connectivity index (χ0) is 17.2. The summed E-state index contributed by atoms with van der Waals surface area (Å²) in [4.78, 5) is 13.4. The van der Waals surface area contributed by atoms with Crippen LogP contribution in [0.4, 0.5) is 4.79 Å². The fourth-order valence-electron chi connectivity index (χ4n) is 2.55. The molecule has 0 aliphatic carbocycles. The molecule has 12 nitrogen and oxygen atoms in total. The molecule has 2 aliphatic heterocycles. The molecule has 6 N–H and O–H groups in total. The van der Waals surface area contributed by atoms with E-state index in [9.17, 15) is 13.2 Å². The average Bonchev–Trinajstić information content (AvgIpc) is 2.67. The van der Waals surface area contributed by atoms with Gasteiger partial charge in [-0.15, -0.1) is 4.28 Å². The van der Waals surface area contributed by atoms with Gasteiger partial charge in [0.15, 0.2) is 5.96 Å². The summed E-state index contributed by atoms with van der Waals surface area (Å²) >= 11 is 0. The van der Waals surface area contributed by atoms with Crippen LogP contribution in [0, 0.1) is 10.8 Å². The van der Waals surface area contributed by atoms with Crippen molar-refractivity contribution in [3.05, 3.63) is 0 Å². The van der Waals surface area contributed by atoms with E-state index in [-0.39, 0.29) is 31.6 Å². The van der Waals surface area contributed by atoms with Gasteiger partial charge in [0.25, 0.3) is 0 Å². The number of fused-ring (bicyclic) bond motifs is 2. The van der Waals surface area contributed by atoms with E-state index < -0.39 is 28.5 Å². The molecule has 130 valence electrons. The van der Waals surface area contributed by atoms with Gasteiger partial charge in [0, 0.05) is 6.54 Å². The van der Waals surface area contributed by atoms with E-state index in [4.69, 9.17) is 25.8 Å². The zero-order valence-corrected chi connectivity index (χ0v) is 12.9. The number of nitrogens with two attached hydrogens (primary N) is 1. The van der Waals surface area contributed by atoms with Crippen molar-refractivity contribution in [1.29, 1.82) is 10.8 Å². The highest BCUT2D eigenvalue weighted by atomic mass is 32.3. The molecule has 0 aromatic carbocycles. The average molecular weight is 350 g/mol. The van der Waals surface area contributed by atoms with Gasteiger partial charge in [-0.3, -0.25) is 15.4 Å². The van der Waals surface area contributed by atoms with Gasteiger partial charge in [0.1, 0.15) is 12.6 Å². The van der Waals surface area contributed by atoms with Crippen LogP contribution in [0.2, 0.25) is 0 Å². The fraction of sp³-hybridized carbons (Fsp3) is 0.700. The molecule has 2 atom stereocenters. The number of hydrogen-bond acceptors (Lipinski definition) is 7. The van der Waals surface area contributed by atoms with E-state index in [1.807, 2.05) is 0 Å². The topological polar surface area (TPSA) is 182 Å². The largest absolute Gasteiger partial charge is 0.478 e. The third-order valence-electron chi connectivity index (χ3n) is 3.48. The van der Waals surface area contributed by atoms with Gasteiger partial charge >= 0.3 is 16.4 Å². The van der Waals surface area contributed by atoms with Gasteiger partial charge in [-0.2, -0.15) is 13.5 Å². The van der Waals surface area contributed by atoms with Crippen LogP contribution in [-0.2, 0) is 19.4 Å². The number of nitrogens with zero attached hydrogens (tertiary/aromatic N) is 2. The second-order valence-corrected chi connectivity index (χ2v) is 6.07. The summed E-state index contributed by atoms with van der Waals surface area (Å²) in [5.41, 5.74) is 5.11. The molecular weight excluding hydrogens is 332 g/mol. The number of piperidine rings is 1. The lowest BCUT2D eigenvalue weighted by Crippen LogP contribution is -2.46. The standard InChI is InChI=1S/C10H18N6O6S/c11-8(21-4-3-14-9(12)13)7-2-1-6-5-15(7)10(17)16(6)22-23(18,19)20/h6-7,11H,1-5H2,(H4,12,13,14)(H,18,19,20)/t6-,7+/m1/s1. The van der Waals surface area contributed by atoms with Crippen molar-refractivity contribution in [1.82, 2.24) is 15.3 Å². The van der Waals surface area contributed by atoms with Crippen LogP contribution in [0.5, 0.6) is 0 Å². The highest BCUT2D eigenvalue weighted by Crippen LogP contribution is 2.31. The Kier molecular flexibility index (Phi) is 4.91. The van der Waals surface area contributed by atoms with E-state index in [0.29, 0.717) is 17.9 Å². The molecule has 0 spiro atoms. The van der Waals surface area contributed by atoms with E-state index in [2.05, 4.69) is 9.60 Å². The molecule has 2 heterocycles. The highest BCUT2D eigenvalue weighted by Gasteiger charge is 2.48. The number of amides is 2. The van der Waals surface area contributed by atoms with Crippen LogP contribution >= 0.6 is 0 Å². The SMILES string of the molecule is N=C(N)NCCOC(=N)[C@@H]1CC[C@@H]2CN1C(=O)N2OS(=O)(=O)O. The van der Waals surface area contributed by atoms with Crippen molar-refractivity contribution in [2.75, 3.05) is 19.7 Å². The van der Waals surface area contributed by atoms with Crippen molar-refractivity contribution in [3.63, 3.8) is 0 Å². The molecule has 2 rings (SSSR count). The second kappa shape index (κ2) is 6.55. The first-order valence-electron chi connectivity index (χ1n) is 6.75. The highest BCUT2D eigenvalue weighted by molar-refractivity contribution is 7.80. The first kappa shape index (κ1) is 17.2. The Bertz CT molecular complexity index is 609. The van der Waals surface area contributed by atoms with Gasteiger partial charge in [-0.1, -0.05) is 0 Å². The number of rotatable bonds is 6. The van der Waals surface area contributed by atoms with Crippen LogP contribution in [0.3, 0.4) is 0 Å². The number of carbonyl (C=O) groups is 1. The fourth-order valence-corrected chi connectivity index (χ4v) is 2.94. The number of nitrogens with one attached hydrogen (secondary N) is 3. The molecule has 0 unspecified atom stereocenters. The smallest absolute Gasteiger partial charge is 0.418 e. The molecule has 13 heteroatoms. The Morgan fingerprint density at radius 2 is 2.13 bits per heavy atom. The van der Waals surface area contributed by atoms with Gasteiger partial charge in [0.2, 0.25) is 5.90 Å². The molecule has 0 aromatic heterocycles. The summed E-state index contributed by atoms with van der Waals surface area (Å²) in [5, 5.41) is 18.0. The van der Waals surface area contributed by atoms with Crippen molar-refractivity contribution < 1.29 is 26.8 Å². The first-order valence-corrected chi connectivity index (χ1v) is 8.11. The lowest BCUT2D eigenvalue weighted by atomic mass is 10.0. The summed E-state index contributed by atoms with van der Waals surface area (Å²) in [7, 11) is -4.79. The quantitative estimate of drug-likeness (QED) is 0.165. The summed E-state index contributed by atoms with van der Waals surface area (Å²) in [5.74, 6) is -0.357. The molecule has 2 aliphatic rings. The Morgan fingerprint density at radius 3 is 2.74 bits per heavy atom. The first-order chi connectivity index (χ1) is 10.7. The molecular formula is C10H18N6O6S. The lowest BCUT2D eigenvalue weighted by Gasteiger charge is -2.30. The minimum Gasteiger partial charge on any atom is -0.478 e. The third kappa shape index (κ3) is 4.20. The van der Waals surface area contributed by atoms with E-state index in [1.54, 1.807) is 0 Å². The van der Waals surface area contributed by atoms with Gasteiger partial charge < -0.3 is 20.7 Å². The predicted octanol–water partition coefficient (Wildman–Crippen LogP) is -1.53. The number of carbonyl (C=O) groups excluding carboxylic acids is 1. The van der Waals surface area contributed by atoms with Crippen LogP contribution in [0.1, 0.15) is 12.8 Å². The zero-order valence-electron chi connectivity index (χ0n) is 12.1. The number of ether oxygens (including phenoxy) is 1. The van der Waals surface area contributed by atoms with Crippen molar-refractivity contribution >= 4 is 28.3 Å². The van der Waals surface area contributed by atoms with Gasteiger partial charge in [0.05, 0.1) is 12.6 Å². The lowest BCUT2D eigenvalue weighted by molar-refractivity contribution is -0.0316. The normalized spacial score (nSPS) is 23.8. The Morgan fingerprint density at radius 1 is 1.43 bits per heavy atom. The summed E-state index contributed by atoms with van der Waals surface area (Å²) < 4.78 is 39.8. The van der Waals surface area contributed by atoms with Gasteiger partial charge in [-0.25, -0.2) is 4.79 Å². The predicted molar refractivity (Wildman–Crippen MR) is 77.0 cm³/mol. The Balaban J connectivity index is 1.93. The van der Waals surface area contributed by atoms with E-state index >= 15 is 0 Å². The summed E-state index contributed by atoms with van der Waals surface area (Å²) in [6, 6.07) is -1.88. The monoisotopic (exact) mass is 350 g/mol. The molecule has 2 saturated heterocycles. The maximum Gasteiger partial charge on any atom is 0.418 e. The number of guanidine groups is 1. The van der Waals surface area contributed by atoms with Crippen molar-refractivity contribution in [2.24, 2.45) is 5.73 Å². The molecule has 2 fully saturated rings. The van der Waals surface area contributed by atoms with Crippen molar-refractivity contribution in [3.8, 4) is 0 Å². The van der Waals surface area contributed by atoms with Crippen molar-refractivity contribution in [2.45, 2.75) is 24.9 Å². The second-order valence-electron chi connectivity index (χ2n) is 5.06.